The first-order valence-corrected chi connectivity index (χ1v) is 8.48. The molecule has 0 saturated heterocycles. The summed E-state index contributed by atoms with van der Waals surface area (Å²) in [5.74, 6) is 0.361. The molecule has 6 nitrogen and oxygen atoms in total. The molecule has 1 aliphatic rings. The minimum absolute atomic E-state index is 0.227. The molecule has 0 radical (unpaired) electrons. The summed E-state index contributed by atoms with van der Waals surface area (Å²) in [5, 5.41) is 9.42. The van der Waals surface area contributed by atoms with E-state index in [1.54, 1.807) is 25.3 Å². The molecule has 3 N–H and O–H groups in total. The van der Waals surface area contributed by atoms with Gasteiger partial charge in [-0.15, -0.1) is 0 Å². The van der Waals surface area contributed by atoms with Crippen LogP contribution in [0.3, 0.4) is 0 Å². The lowest BCUT2D eigenvalue weighted by Gasteiger charge is -2.09. The number of hydrogen-bond acceptors (Lipinski definition) is 4. The number of hydrogen-bond donors (Lipinski definition) is 3. The van der Waals surface area contributed by atoms with E-state index in [0.29, 0.717) is 39.7 Å². The molecule has 0 atom stereocenters. The van der Waals surface area contributed by atoms with Crippen LogP contribution >= 0.6 is 0 Å². The van der Waals surface area contributed by atoms with Crippen molar-refractivity contribution in [1.82, 2.24) is 25.1 Å². The van der Waals surface area contributed by atoms with Crippen molar-refractivity contribution >= 4 is 11.5 Å². The van der Waals surface area contributed by atoms with E-state index < -0.39 is 12.2 Å². The zero-order valence-corrected chi connectivity index (χ0v) is 14.5. The average Bonchev–Trinajstić information content (AvgIpc) is 3.23. The van der Waals surface area contributed by atoms with Gasteiger partial charge >= 0.3 is 0 Å². The Kier molecular flexibility index (Phi) is 3.51. The van der Waals surface area contributed by atoms with Gasteiger partial charge in [-0.2, -0.15) is 5.10 Å². The highest BCUT2D eigenvalue weighted by atomic mass is 19.3. The van der Waals surface area contributed by atoms with Gasteiger partial charge in [0.05, 0.1) is 16.9 Å². The fraction of sp³-hybridized carbons (Fsp3) is 0.105. The third-order valence-electron chi connectivity index (χ3n) is 4.69. The Morgan fingerprint density at radius 1 is 1.11 bits per heavy atom. The van der Waals surface area contributed by atoms with Crippen LogP contribution in [0.25, 0.3) is 33.9 Å². The summed E-state index contributed by atoms with van der Waals surface area (Å²) >= 11 is 0. The van der Waals surface area contributed by atoms with Gasteiger partial charge in [0.2, 0.25) is 0 Å². The van der Waals surface area contributed by atoms with E-state index in [1.165, 1.54) is 12.1 Å². The molecule has 140 valence electrons. The van der Waals surface area contributed by atoms with Gasteiger partial charge in [0.25, 0.3) is 6.43 Å². The highest BCUT2D eigenvalue weighted by Crippen LogP contribution is 2.44. The van der Waals surface area contributed by atoms with E-state index in [9.17, 15) is 13.2 Å². The van der Waals surface area contributed by atoms with Gasteiger partial charge in [-0.1, -0.05) is 0 Å². The first-order valence-electron chi connectivity index (χ1n) is 8.48. The number of H-pyrrole nitrogens is 2. The first-order chi connectivity index (χ1) is 13.5. The number of benzene rings is 1. The minimum Gasteiger partial charge on any atom is -0.339 e. The molecule has 4 aromatic rings. The highest BCUT2D eigenvalue weighted by molar-refractivity contribution is 5.95. The molecule has 0 unspecified atom stereocenters. The fourth-order valence-electron chi connectivity index (χ4n) is 3.45. The van der Waals surface area contributed by atoms with Crippen molar-refractivity contribution in [3.63, 3.8) is 0 Å². The number of alkyl halides is 2. The monoisotopic (exact) mass is 382 g/mol. The molecular weight excluding hydrogens is 369 g/mol. The molecule has 0 saturated carbocycles. The average molecular weight is 382 g/mol. The van der Waals surface area contributed by atoms with Crippen LogP contribution < -0.4 is 5.32 Å². The number of aromatic amines is 2. The predicted octanol–water partition coefficient (Wildman–Crippen LogP) is 4.97. The number of imidazole rings is 1. The maximum absolute atomic E-state index is 13.8. The minimum atomic E-state index is -2.75. The number of fused-ring (bicyclic) bond motifs is 5. The van der Waals surface area contributed by atoms with Gasteiger partial charge in [-0.25, -0.2) is 23.1 Å². The highest BCUT2D eigenvalue weighted by Gasteiger charge is 2.28. The van der Waals surface area contributed by atoms with Crippen LogP contribution in [-0.2, 0) is 0 Å². The van der Waals surface area contributed by atoms with E-state index in [0.717, 1.165) is 0 Å². The number of aryl methyl sites for hydroxylation is 1. The molecule has 9 heteroatoms. The van der Waals surface area contributed by atoms with Gasteiger partial charge in [-0.05, 0) is 37.3 Å². The van der Waals surface area contributed by atoms with Gasteiger partial charge in [0.15, 0.2) is 0 Å². The number of halogens is 3. The molecule has 3 aromatic heterocycles. The Bertz CT molecular complexity index is 1210. The van der Waals surface area contributed by atoms with E-state index >= 15 is 0 Å². The fourth-order valence-corrected chi connectivity index (χ4v) is 3.45. The molecule has 1 aliphatic heterocycles. The number of rotatable bonds is 2. The smallest absolute Gasteiger partial charge is 0.282 e. The van der Waals surface area contributed by atoms with E-state index in [4.69, 9.17) is 0 Å². The lowest BCUT2D eigenvalue weighted by atomic mass is 10.1. The zero-order valence-electron chi connectivity index (χ0n) is 14.5. The number of anilines is 2. The van der Waals surface area contributed by atoms with E-state index in [-0.39, 0.29) is 17.1 Å². The van der Waals surface area contributed by atoms with Gasteiger partial charge in [0.1, 0.15) is 28.8 Å². The molecule has 0 spiro atoms. The van der Waals surface area contributed by atoms with Crippen LogP contribution in [0, 0.1) is 12.7 Å². The van der Waals surface area contributed by atoms with Crippen molar-refractivity contribution in [2.24, 2.45) is 0 Å². The van der Waals surface area contributed by atoms with E-state index in [1.807, 2.05) is 6.07 Å². The Balaban J connectivity index is 1.81. The normalized spacial score (nSPS) is 12.2. The van der Waals surface area contributed by atoms with Crippen LogP contribution in [0.15, 0.2) is 36.5 Å². The third-order valence-corrected chi connectivity index (χ3v) is 4.69. The third kappa shape index (κ3) is 2.39. The van der Waals surface area contributed by atoms with Crippen molar-refractivity contribution in [2.45, 2.75) is 13.3 Å². The van der Waals surface area contributed by atoms with Crippen LogP contribution in [0.2, 0.25) is 0 Å². The molecule has 4 heterocycles. The molecule has 1 aromatic carbocycles. The van der Waals surface area contributed by atoms with Crippen molar-refractivity contribution < 1.29 is 13.2 Å². The summed E-state index contributed by atoms with van der Waals surface area (Å²) in [4.78, 5) is 12.0. The number of nitrogens with one attached hydrogen (secondary N) is 3. The standard InChI is InChI=1S/C19H13F3N6/c1-8-13(16(17(21)22)28-27-8)19-25-14-10-5-4-9(20)7-12(10)24-18-11(15(14)26-19)3-2-6-23-18/h2-7,17H,1H3,(H,23,24)(H,25,26)(H,27,28). The predicted molar refractivity (Wildman–Crippen MR) is 97.8 cm³/mol. The second kappa shape index (κ2) is 5.95. The number of nitrogens with zero attached hydrogens (tertiary/aromatic N) is 3. The summed E-state index contributed by atoms with van der Waals surface area (Å²) in [7, 11) is 0. The van der Waals surface area contributed by atoms with Crippen LogP contribution in [0.5, 0.6) is 0 Å². The van der Waals surface area contributed by atoms with Crippen LogP contribution in [0.1, 0.15) is 17.8 Å². The molecular formula is C19H13F3N6. The molecule has 0 aliphatic carbocycles. The van der Waals surface area contributed by atoms with Crippen molar-refractivity contribution in [2.75, 3.05) is 5.32 Å². The molecule has 0 amide bonds. The Morgan fingerprint density at radius 2 is 1.96 bits per heavy atom. The quantitative estimate of drug-likeness (QED) is 0.403. The maximum Gasteiger partial charge on any atom is 0.282 e. The Morgan fingerprint density at radius 3 is 2.79 bits per heavy atom. The van der Waals surface area contributed by atoms with Gasteiger partial charge < -0.3 is 10.3 Å². The van der Waals surface area contributed by atoms with Crippen molar-refractivity contribution in [3.8, 4) is 33.9 Å². The zero-order chi connectivity index (χ0) is 19.4. The second-order valence-electron chi connectivity index (χ2n) is 6.43. The van der Waals surface area contributed by atoms with Crippen molar-refractivity contribution in [1.29, 1.82) is 0 Å². The van der Waals surface area contributed by atoms with Crippen LogP contribution in [-0.4, -0.2) is 25.1 Å². The topological polar surface area (TPSA) is 82.3 Å². The lowest BCUT2D eigenvalue weighted by Crippen LogP contribution is -1.96. The van der Waals surface area contributed by atoms with Gasteiger partial charge in [-0.3, -0.25) is 5.10 Å². The number of pyridine rings is 1. The van der Waals surface area contributed by atoms with Crippen LogP contribution in [0.4, 0.5) is 24.7 Å². The summed E-state index contributed by atoms with van der Waals surface area (Å²) in [5.41, 5.74) is 3.30. The van der Waals surface area contributed by atoms with Crippen molar-refractivity contribution in [3.05, 3.63) is 53.7 Å². The lowest BCUT2D eigenvalue weighted by molar-refractivity contribution is 0.146. The summed E-state index contributed by atoms with van der Waals surface area (Å²) < 4.78 is 40.6. The molecule has 0 bridgehead atoms. The summed E-state index contributed by atoms with van der Waals surface area (Å²) in [6.45, 7) is 1.66. The summed E-state index contributed by atoms with van der Waals surface area (Å²) in [6.07, 6.45) is -1.14. The van der Waals surface area contributed by atoms with Gasteiger partial charge in [0, 0.05) is 23.0 Å². The largest absolute Gasteiger partial charge is 0.339 e. The molecule has 0 fully saturated rings. The first kappa shape index (κ1) is 16.5. The van der Waals surface area contributed by atoms with E-state index in [2.05, 4.69) is 30.5 Å². The molecule has 5 rings (SSSR count). The maximum atomic E-state index is 13.8. The SMILES string of the molecule is Cc1[nH]nc(C(F)F)c1-c1nc2c([nH]1)-c1ccc(F)cc1Nc1ncccc1-2. The molecule has 28 heavy (non-hydrogen) atoms. The Hall–Kier alpha value is -3.62. The Labute approximate surface area is 156 Å². The summed E-state index contributed by atoms with van der Waals surface area (Å²) in [6, 6.07) is 7.87. The number of aromatic nitrogens is 5. The second-order valence-corrected chi connectivity index (χ2v) is 6.43.